The quantitative estimate of drug-likeness (QED) is 0.719. The van der Waals surface area contributed by atoms with Gasteiger partial charge >= 0.3 is 0 Å². The zero-order valence-corrected chi connectivity index (χ0v) is 12.8. The van der Waals surface area contributed by atoms with Crippen molar-refractivity contribution in [2.24, 2.45) is 0 Å². The molecule has 104 valence electrons. The van der Waals surface area contributed by atoms with Gasteiger partial charge in [-0.15, -0.1) is 11.3 Å². The van der Waals surface area contributed by atoms with E-state index in [0.717, 1.165) is 17.8 Å². The molecule has 0 aliphatic carbocycles. The molecule has 0 fully saturated rings. The lowest BCUT2D eigenvalue weighted by Gasteiger charge is -2.14. The van der Waals surface area contributed by atoms with E-state index in [2.05, 4.69) is 17.0 Å². The molecule has 1 heterocycles. The molecular formula is C12H22N2O2S2. The highest BCUT2D eigenvalue weighted by molar-refractivity contribution is 7.90. The first-order chi connectivity index (χ1) is 8.45. The Morgan fingerprint density at radius 1 is 1.39 bits per heavy atom. The van der Waals surface area contributed by atoms with Crippen LogP contribution in [0.1, 0.15) is 30.0 Å². The first kappa shape index (κ1) is 15.6. The number of nitrogens with one attached hydrogen (secondary N) is 2. The van der Waals surface area contributed by atoms with Gasteiger partial charge in [0.2, 0.25) is 10.0 Å². The number of sulfonamides is 1. The summed E-state index contributed by atoms with van der Waals surface area (Å²) in [6.45, 7) is 7.53. The van der Waals surface area contributed by atoms with Crippen LogP contribution in [-0.2, 0) is 16.6 Å². The van der Waals surface area contributed by atoms with Gasteiger partial charge in [0.05, 0.1) is 5.25 Å². The summed E-state index contributed by atoms with van der Waals surface area (Å²) < 4.78 is 26.6. The molecule has 0 spiro atoms. The van der Waals surface area contributed by atoms with Gasteiger partial charge in [0.15, 0.2) is 0 Å². The molecule has 4 nitrogen and oxygen atoms in total. The standard InChI is InChI=1S/C12H22N2O2S2/c1-4-7-13-8-11(3)18(15,16)14-9-12-6-5-10(2)17-12/h5-6,11,13-14H,4,7-9H2,1-3H3. The lowest BCUT2D eigenvalue weighted by molar-refractivity contribution is 0.557. The summed E-state index contributed by atoms with van der Waals surface area (Å²) in [5.41, 5.74) is 0. The Hall–Kier alpha value is -0.430. The minimum Gasteiger partial charge on any atom is -0.315 e. The summed E-state index contributed by atoms with van der Waals surface area (Å²) in [6.07, 6.45) is 1.01. The second kappa shape index (κ2) is 7.23. The molecule has 2 N–H and O–H groups in total. The summed E-state index contributed by atoms with van der Waals surface area (Å²) in [7, 11) is -3.24. The Kier molecular flexibility index (Phi) is 6.28. The van der Waals surface area contributed by atoms with Crippen LogP contribution in [0.5, 0.6) is 0 Å². The fourth-order valence-corrected chi connectivity index (χ4v) is 3.39. The van der Waals surface area contributed by atoms with Crippen molar-refractivity contribution in [1.29, 1.82) is 0 Å². The lowest BCUT2D eigenvalue weighted by Crippen LogP contribution is -2.38. The first-order valence-electron chi connectivity index (χ1n) is 6.20. The van der Waals surface area contributed by atoms with Crippen LogP contribution in [0.15, 0.2) is 12.1 Å². The molecule has 0 radical (unpaired) electrons. The van der Waals surface area contributed by atoms with Crippen LogP contribution in [-0.4, -0.2) is 26.8 Å². The molecule has 0 saturated carbocycles. The summed E-state index contributed by atoms with van der Waals surface area (Å²) >= 11 is 1.62. The third kappa shape index (κ3) is 5.06. The molecule has 0 amide bonds. The highest BCUT2D eigenvalue weighted by atomic mass is 32.2. The van der Waals surface area contributed by atoms with Crippen LogP contribution in [0.2, 0.25) is 0 Å². The van der Waals surface area contributed by atoms with E-state index in [0.29, 0.717) is 13.1 Å². The van der Waals surface area contributed by atoms with Gasteiger partial charge in [0, 0.05) is 22.8 Å². The average Bonchev–Trinajstić information content (AvgIpc) is 2.73. The van der Waals surface area contributed by atoms with Gasteiger partial charge in [-0.25, -0.2) is 13.1 Å². The molecule has 6 heteroatoms. The van der Waals surface area contributed by atoms with Crippen molar-refractivity contribution in [2.45, 2.75) is 39.0 Å². The van der Waals surface area contributed by atoms with Gasteiger partial charge in [-0.2, -0.15) is 0 Å². The summed E-state index contributed by atoms with van der Waals surface area (Å²) in [5, 5.41) is 2.71. The van der Waals surface area contributed by atoms with E-state index >= 15 is 0 Å². The minimum atomic E-state index is -3.24. The van der Waals surface area contributed by atoms with E-state index in [1.54, 1.807) is 18.3 Å². The molecule has 1 aromatic heterocycles. The summed E-state index contributed by atoms with van der Waals surface area (Å²) in [6, 6.07) is 3.96. The van der Waals surface area contributed by atoms with Crippen LogP contribution in [0, 0.1) is 6.92 Å². The van der Waals surface area contributed by atoms with Crippen molar-refractivity contribution in [3.05, 3.63) is 21.9 Å². The molecule has 1 aromatic rings. The van der Waals surface area contributed by atoms with Crippen molar-refractivity contribution in [3.63, 3.8) is 0 Å². The van der Waals surface area contributed by atoms with Crippen LogP contribution in [0.3, 0.4) is 0 Å². The van der Waals surface area contributed by atoms with Crippen molar-refractivity contribution in [1.82, 2.24) is 10.0 Å². The van der Waals surface area contributed by atoms with Gasteiger partial charge in [-0.1, -0.05) is 6.92 Å². The Morgan fingerprint density at radius 2 is 2.11 bits per heavy atom. The van der Waals surface area contributed by atoms with Crippen LogP contribution in [0.25, 0.3) is 0 Å². The molecule has 0 saturated heterocycles. The summed E-state index contributed by atoms with van der Waals surface area (Å²) in [5.74, 6) is 0. The zero-order valence-electron chi connectivity index (χ0n) is 11.2. The van der Waals surface area contributed by atoms with E-state index < -0.39 is 15.3 Å². The van der Waals surface area contributed by atoms with E-state index in [4.69, 9.17) is 0 Å². The molecular weight excluding hydrogens is 268 g/mol. The third-order valence-corrected chi connectivity index (χ3v) is 5.41. The SMILES string of the molecule is CCCNCC(C)S(=O)(=O)NCc1ccc(C)s1. The Morgan fingerprint density at radius 3 is 2.67 bits per heavy atom. The Labute approximate surface area is 114 Å². The predicted octanol–water partition coefficient (Wildman–Crippen LogP) is 1.86. The summed E-state index contributed by atoms with van der Waals surface area (Å²) in [4.78, 5) is 2.24. The van der Waals surface area contributed by atoms with Crippen LogP contribution < -0.4 is 10.0 Å². The van der Waals surface area contributed by atoms with Gasteiger partial charge in [-0.3, -0.25) is 0 Å². The van der Waals surface area contributed by atoms with Crippen molar-refractivity contribution >= 4 is 21.4 Å². The Balaban J connectivity index is 2.43. The predicted molar refractivity (Wildman–Crippen MR) is 77.4 cm³/mol. The second-order valence-corrected chi connectivity index (χ2v) is 7.95. The topological polar surface area (TPSA) is 58.2 Å². The van der Waals surface area contributed by atoms with Gasteiger partial charge in [-0.05, 0) is 38.9 Å². The lowest BCUT2D eigenvalue weighted by atomic mass is 10.4. The van der Waals surface area contributed by atoms with Gasteiger partial charge in [0.1, 0.15) is 0 Å². The van der Waals surface area contributed by atoms with Crippen LogP contribution >= 0.6 is 11.3 Å². The smallest absolute Gasteiger partial charge is 0.215 e. The minimum absolute atomic E-state index is 0.388. The number of rotatable bonds is 8. The maximum Gasteiger partial charge on any atom is 0.215 e. The average molecular weight is 290 g/mol. The van der Waals surface area contributed by atoms with E-state index in [-0.39, 0.29) is 0 Å². The van der Waals surface area contributed by atoms with E-state index in [1.807, 2.05) is 19.1 Å². The molecule has 0 aliphatic heterocycles. The Bertz CT molecular complexity index is 454. The third-order valence-electron chi connectivity index (χ3n) is 2.63. The second-order valence-electron chi connectivity index (χ2n) is 4.39. The molecule has 1 atom stereocenters. The van der Waals surface area contributed by atoms with Gasteiger partial charge < -0.3 is 5.32 Å². The highest BCUT2D eigenvalue weighted by Gasteiger charge is 2.19. The van der Waals surface area contributed by atoms with Crippen LogP contribution in [0.4, 0.5) is 0 Å². The molecule has 0 aromatic carbocycles. The van der Waals surface area contributed by atoms with E-state index in [9.17, 15) is 8.42 Å². The molecule has 0 bridgehead atoms. The first-order valence-corrected chi connectivity index (χ1v) is 8.56. The number of aryl methyl sites for hydroxylation is 1. The fraction of sp³-hybridized carbons (Fsp3) is 0.667. The normalized spacial score (nSPS) is 13.7. The number of hydrogen-bond acceptors (Lipinski definition) is 4. The maximum atomic E-state index is 12.0. The number of thiophene rings is 1. The largest absolute Gasteiger partial charge is 0.315 e. The molecule has 18 heavy (non-hydrogen) atoms. The molecule has 1 rings (SSSR count). The van der Waals surface area contributed by atoms with Crippen molar-refractivity contribution < 1.29 is 8.42 Å². The molecule has 1 unspecified atom stereocenters. The van der Waals surface area contributed by atoms with Gasteiger partial charge in [0.25, 0.3) is 0 Å². The zero-order chi connectivity index (χ0) is 13.6. The monoisotopic (exact) mass is 290 g/mol. The highest BCUT2D eigenvalue weighted by Crippen LogP contribution is 2.15. The van der Waals surface area contributed by atoms with E-state index in [1.165, 1.54) is 4.88 Å². The number of hydrogen-bond donors (Lipinski definition) is 2. The molecule has 0 aliphatic rings. The fourth-order valence-electron chi connectivity index (χ4n) is 1.49. The van der Waals surface area contributed by atoms with Crippen molar-refractivity contribution in [2.75, 3.05) is 13.1 Å². The maximum absolute atomic E-state index is 12.0. The van der Waals surface area contributed by atoms with Crippen molar-refractivity contribution in [3.8, 4) is 0 Å².